The van der Waals surface area contributed by atoms with E-state index in [1.54, 1.807) is 0 Å². The highest BCUT2D eigenvalue weighted by Crippen LogP contribution is 2.32. The summed E-state index contributed by atoms with van der Waals surface area (Å²) < 4.78 is 0. The standard InChI is InChI=1S/C16H19N3/c1-2-17-14-9-10-16(18-12-14)19-11-5-7-13-6-3-4-8-15(13)19/h3-4,6,8-10,12,17H,2,5,7,11H2,1H3. The van der Waals surface area contributed by atoms with E-state index in [9.17, 15) is 0 Å². The van der Waals surface area contributed by atoms with E-state index in [1.165, 1.54) is 24.1 Å². The van der Waals surface area contributed by atoms with Crippen molar-refractivity contribution in [2.45, 2.75) is 19.8 Å². The van der Waals surface area contributed by atoms with Crippen LogP contribution in [0.4, 0.5) is 17.2 Å². The van der Waals surface area contributed by atoms with Gasteiger partial charge >= 0.3 is 0 Å². The summed E-state index contributed by atoms with van der Waals surface area (Å²) in [6, 6.07) is 12.8. The van der Waals surface area contributed by atoms with Crippen molar-refractivity contribution in [1.29, 1.82) is 0 Å². The SMILES string of the molecule is CCNc1ccc(N2CCCc3ccccc32)nc1. The van der Waals surface area contributed by atoms with Crippen molar-refractivity contribution >= 4 is 17.2 Å². The molecule has 1 aromatic carbocycles. The molecule has 3 rings (SSSR count). The number of nitrogens with one attached hydrogen (secondary N) is 1. The number of benzene rings is 1. The fourth-order valence-electron chi connectivity index (χ4n) is 2.63. The van der Waals surface area contributed by atoms with Gasteiger partial charge in [0, 0.05) is 18.8 Å². The summed E-state index contributed by atoms with van der Waals surface area (Å²) in [5.41, 5.74) is 3.81. The van der Waals surface area contributed by atoms with Gasteiger partial charge in [-0.15, -0.1) is 0 Å². The maximum Gasteiger partial charge on any atom is 0.133 e. The van der Waals surface area contributed by atoms with E-state index in [4.69, 9.17) is 0 Å². The average molecular weight is 253 g/mol. The molecule has 0 saturated heterocycles. The number of nitrogens with zero attached hydrogens (tertiary/aromatic N) is 2. The average Bonchev–Trinajstić information content (AvgIpc) is 2.48. The number of pyridine rings is 1. The van der Waals surface area contributed by atoms with Crippen LogP contribution in [-0.4, -0.2) is 18.1 Å². The van der Waals surface area contributed by atoms with Crippen LogP contribution in [0.1, 0.15) is 18.9 Å². The maximum atomic E-state index is 4.58. The molecule has 1 N–H and O–H groups in total. The molecule has 1 aromatic heterocycles. The largest absolute Gasteiger partial charge is 0.384 e. The number of anilines is 3. The first-order valence-corrected chi connectivity index (χ1v) is 6.94. The van der Waals surface area contributed by atoms with E-state index in [2.05, 4.69) is 58.5 Å². The van der Waals surface area contributed by atoms with Gasteiger partial charge in [0.2, 0.25) is 0 Å². The van der Waals surface area contributed by atoms with E-state index in [0.717, 1.165) is 24.6 Å². The minimum atomic E-state index is 0.924. The van der Waals surface area contributed by atoms with Crippen molar-refractivity contribution in [3.05, 3.63) is 48.2 Å². The Bertz CT molecular complexity index is 548. The lowest BCUT2D eigenvalue weighted by molar-refractivity contribution is 0.760. The van der Waals surface area contributed by atoms with Crippen LogP contribution in [0.25, 0.3) is 0 Å². The Morgan fingerprint density at radius 3 is 2.89 bits per heavy atom. The normalized spacial score (nSPS) is 14.1. The third-order valence-electron chi connectivity index (χ3n) is 3.52. The monoisotopic (exact) mass is 253 g/mol. The fourth-order valence-corrected chi connectivity index (χ4v) is 2.63. The molecule has 0 saturated carbocycles. The molecule has 0 spiro atoms. The lowest BCUT2D eigenvalue weighted by Crippen LogP contribution is -2.25. The Kier molecular flexibility index (Phi) is 3.36. The second kappa shape index (κ2) is 5.31. The van der Waals surface area contributed by atoms with Crippen molar-refractivity contribution < 1.29 is 0 Å². The predicted molar refractivity (Wildman–Crippen MR) is 80.2 cm³/mol. The molecular weight excluding hydrogens is 234 g/mol. The molecule has 2 heterocycles. The molecule has 2 aromatic rings. The minimum Gasteiger partial charge on any atom is -0.384 e. The van der Waals surface area contributed by atoms with Gasteiger partial charge in [-0.3, -0.25) is 0 Å². The first-order valence-electron chi connectivity index (χ1n) is 6.94. The molecule has 0 bridgehead atoms. The topological polar surface area (TPSA) is 28.2 Å². The summed E-state index contributed by atoms with van der Waals surface area (Å²) in [7, 11) is 0. The van der Waals surface area contributed by atoms with E-state index in [0.29, 0.717) is 0 Å². The van der Waals surface area contributed by atoms with Gasteiger partial charge < -0.3 is 10.2 Å². The van der Waals surface area contributed by atoms with Crippen molar-refractivity contribution in [2.24, 2.45) is 0 Å². The van der Waals surface area contributed by atoms with Crippen molar-refractivity contribution in [1.82, 2.24) is 4.98 Å². The summed E-state index contributed by atoms with van der Waals surface area (Å²) >= 11 is 0. The highest BCUT2D eigenvalue weighted by atomic mass is 15.2. The Morgan fingerprint density at radius 2 is 2.11 bits per heavy atom. The molecule has 3 heteroatoms. The van der Waals surface area contributed by atoms with E-state index in [1.807, 2.05) is 6.20 Å². The van der Waals surface area contributed by atoms with Crippen LogP contribution >= 0.6 is 0 Å². The Labute approximate surface area is 114 Å². The smallest absolute Gasteiger partial charge is 0.133 e. The number of para-hydroxylation sites is 1. The van der Waals surface area contributed by atoms with Crippen LogP contribution in [0.2, 0.25) is 0 Å². The molecule has 0 atom stereocenters. The van der Waals surface area contributed by atoms with Crippen molar-refractivity contribution in [3.63, 3.8) is 0 Å². The summed E-state index contributed by atoms with van der Waals surface area (Å²) in [5.74, 6) is 1.04. The molecule has 98 valence electrons. The van der Waals surface area contributed by atoms with Crippen molar-refractivity contribution in [2.75, 3.05) is 23.3 Å². The number of fused-ring (bicyclic) bond motifs is 1. The summed E-state index contributed by atoms with van der Waals surface area (Å²) in [6.45, 7) is 4.06. The first-order chi connectivity index (χ1) is 9.38. The van der Waals surface area contributed by atoms with Gasteiger partial charge in [0.15, 0.2) is 0 Å². The molecular formula is C16H19N3. The number of hydrogen-bond donors (Lipinski definition) is 1. The van der Waals surface area contributed by atoms with Crippen LogP contribution in [0.15, 0.2) is 42.6 Å². The highest BCUT2D eigenvalue weighted by molar-refractivity contribution is 5.66. The second-order valence-corrected chi connectivity index (χ2v) is 4.82. The Hall–Kier alpha value is -2.03. The number of aromatic nitrogens is 1. The predicted octanol–water partition coefficient (Wildman–Crippen LogP) is 3.60. The van der Waals surface area contributed by atoms with Gasteiger partial charge in [0.05, 0.1) is 11.9 Å². The second-order valence-electron chi connectivity index (χ2n) is 4.82. The first kappa shape index (κ1) is 12.0. The van der Waals surface area contributed by atoms with Crippen LogP contribution in [0, 0.1) is 0 Å². The minimum absolute atomic E-state index is 0.924. The molecule has 3 nitrogen and oxygen atoms in total. The van der Waals surface area contributed by atoms with Crippen LogP contribution in [0.3, 0.4) is 0 Å². The molecule has 1 aliphatic heterocycles. The van der Waals surface area contributed by atoms with Gasteiger partial charge in [0.1, 0.15) is 5.82 Å². The van der Waals surface area contributed by atoms with E-state index in [-0.39, 0.29) is 0 Å². The Balaban J connectivity index is 1.90. The molecule has 0 fully saturated rings. The van der Waals surface area contributed by atoms with Crippen LogP contribution < -0.4 is 10.2 Å². The molecule has 0 aliphatic carbocycles. The summed E-state index contributed by atoms with van der Waals surface area (Å²) in [4.78, 5) is 6.90. The molecule has 0 radical (unpaired) electrons. The van der Waals surface area contributed by atoms with Gasteiger partial charge in [-0.05, 0) is 43.5 Å². The van der Waals surface area contributed by atoms with Crippen LogP contribution in [-0.2, 0) is 6.42 Å². The lowest BCUT2D eigenvalue weighted by Gasteiger charge is -2.30. The lowest BCUT2D eigenvalue weighted by atomic mass is 10.0. The number of hydrogen-bond acceptors (Lipinski definition) is 3. The van der Waals surface area contributed by atoms with Gasteiger partial charge in [0.25, 0.3) is 0 Å². The van der Waals surface area contributed by atoms with Gasteiger partial charge in [-0.25, -0.2) is 4.98 Å². The molecule has 0 unspecified atom stereocenters. The van der Waals surface area contributed by atoms with E-state index >= 15 is 0 Å². The molecule has 1 aliphatic rings. The Morgan fingerprint density at radius 1 is 1.21 bits per heavy atom. The van der Waals surface area contributed by atoms with Crippen LogP contribution in [0.5, 0.6) is 0 Å². The zero-order valence-corrected chi connectivity index (χ0v) is 11.3. The van der Waals surface area contributed by atoms with Gasteiger partial charge in [-0.1, -0.05) is 18.2 Å². The third-order valence-corrected chi connectivity index (χ3v) is 3.52. The highest BCUT2D eigenvalue weighted by Gasteiger charge is 2.18. The zero-order chi connectivity index (χ0) is 13.1. The summed E-state index contributed by atoms with van der Waals surface area (Å²) in [5, 5.41) is 3.28. The zero-order valence-electron chi connectivity index (χ0n) is 11.3. The summed E-state index contributed by atoms with van der Waals surface area (Å²) in [6.07, 6.45) is 4.27. The van der Waals surface area contributed by atoms with Crippen molar-refractivity contribution in [3.8, 4) is 0 Å². The third kappa shape index (κ3) is 2.41. The van der Waals surface area contributed by atoms with Gasteiger partial charge in [-0.2, -0.15) is 0 Å². The number of aryl methyl sites for hydroxylation is 1. The maximum absolute atomic E-state index is 4.58. The molecule has 0 amide bonds. The van der Waals surface area contributed by atoms with E-state index < -0.39 is 0 Å². The number of rotatable bonds is 3. The quantitative estimate of drug-likeness (QED) is 0.906. The fraction of sp³-hybridized carbons (Fsp3) is 0.312. The molecule has 19 heavy (non-hydrogen) atoms.